The fourth-order valence-electron chi connectivity index (χ4n) is 6.24. The molecule has 1 spiro atoms. The maximum absolute atomic E-state index is 14.4. The number of nitrogens with zero attached hydrogens (tertiary/aromatic N) is 2. The standard InChI is InChI=1S/C27H34N2O6/c1-6-13-28(22-16(3)9-8-10-17(22)4)25(32)23-27-12-11-19(35-27)20(26(33)34-14-7-2)21(27)24(31)29(23)18(5)15-30/h6-10,18-21,23,30H,1-2,11-15H2,3-5H3/t18-,19-,20+,21+,23?,27?/m1/s1. The van der Waals surface area contributed by atoms with Gasteiger partial charge in [-0.1, -0.05) is 36.9 Å². The topological polar surface area (TPSA) is 96.4 Å². The van der Waals surface area contributed by atoms with Crippen LogP contribution in [0, 0.1) is 25.7 Å². The summed E-state index contributed by atoms with van der Waals surface area (Å²) < 4.78 is 11.7. The van der Waals surface area contributed by atoms with Gasteiger partial charge in [0, 0.05) is 12.2 Å². The summed E-state index contributed by atoms with van der Waals surface area (Å²) >= 11 is 0. The minimum atomic E-state index is -1.16. The van der Waals surface area contributed by atoms with Crippen molar-refractivity contribution in [1.29, 1.82) is 0 Å². The molecule has 3 aliphatic rings. The summed E-state index contributed by atoms with van der Waals surface area (Å²) in [7, 11) is 0. The zero-order chi connectivity index (χ0) is 25.5. The fraction of sp³-hybridized carbons (Fsp3) is 0.519. The summed E-state index contributed by atoms with van der Waals surface area (Å²) in [4.78, 5) is 44.3. The Bertz CT molecular complexity index is 1030. The van der Waals surface area contributed by atoms with Crippen molar-refractivity contribution in [2.75, 3.05) is 24.7 Å². The average molecular weight is 483 g/mol. The van der Waals surface area contributed by atoms with Gasteiger partial charge in [0.05, 0.1) is 30.6 Å². The van der Waals surface area contributed by atoms with Crippen LogP contribution in [0.25, 0.3) is 0 Å². The predicted octanol–water partition coefficient (Wildman–Crippen LogP) is 2.31. The third-order valence-electron chi connectivity index (χ3n) is 7.61. The van der Waals surface area contributed by atoms with Gasteiger partial charge in [0.15, 0.2) is 0 Å². The molecule has 3 saturated heterocycles. The number of anilines is 1. The van der Waals surface area contributed by atoms with E-state index < -0.39 is 41.6 Å². The van der Waals surface area contributed by atoms with E-state index in [1.807, 2.05) is 32.0 Å². The zero-order valence-corrected chi connectivity index (χ0v) is 20.6. The van der Waals surface area contributed by atoms with Crippen LogP contribution in [0.1, 0.15) is 30.9 Å². The third-order valence-corrected chi connectivity index (χ3v) is 7.61. The van der Waals surface area contributed by atoms with Crippen molar-refractivity contribution in [3.05, 3.63) is 54.6 Å². The molecular weight excluding hydrogens is 448 g/mol. The molecule has 8 nitrogen and oxygen atoms in total. The number of hydrogen-bond donors (Lipinski definition) is 1. The quantitative estimate of drug-likeness (QED) is 0.429. The van der Waals surface area contributed by atoms with Crippen molar-refractivity contribution in [2.24, 2.45) is 11.8 Å². The number of fused-ring (bicyclic) bond motifs is 1. The van der Waals surface area contributed by atoms with Crippen molar-refractivity contribution in [1.82, 2.24) is 4.90 Å². The molecule has 8 heteroatoms. The third kappa shape index (κ3) is 3.79. The molecule has 2 amide bonds. The first kappa shape index (κ1) is 25.1. The molecule has 0 aromatic heterocycles. The molecule has 3 fully saturated rings. The summed E-state index contributed by atoms with van der Waals surface area (Å²) in [6.07, 6.45) is 3.66. The Balaban J connectivity index is 1.81. The van der Waals surface area contributed by atoms with E-state index in [0.717, 1.165) is 16.8 Å². The summed E-state index contributed by atoms with van der Waals surface area (Å²) in [6.45, 7) is 12.9. The highest BCUT2D eigenvalue weighted by atomic mass is 16.6. The van der Waals surface area contributed by atoms with Gasteiger partial charge >= 0.3 is 5.97 Å². The highest BCUT2D eigenvalue weighted by molar-refractivity contribution is 6.05. The number of aliphatic hydroxyl groups excluding tert-OH is 1. The molecule has 3 heterocycles. The Morgan fingerprint density at radius 3 is 2.60 bits per heavy atom. The molecule has 1 aromatic carbocycles. The first-order valence-electron chi connectivity index (χ1n) is 12.1. The molecule has 6 atom stereocenters. The van der Waals surface area contributed by atoms with Crippen LogP contribution in [0.5, 0.6) is 0 Å². The minimum absolute atomic E-state index is 0.0365. The van der Waals surface area contributed by atoms with Crippen molar-refractivity contribution in [3.8, 4) is 0 Å². The number of para-hydroxylation sites is 1. The van der Waals surface area contributed by atoms with E-state index >= 15 is 0 Å². The summed E-state index contributed by atoms with van der Waals surface area (Å²) in [5, 5.41) is 10.0. The molecule has 4 rings (SSSR count). The van der Waals surface area contributed by atoms with E-state index in [1.54, 1.807) is 17.9 Å². The summed E-state index contributed by atoms with van der Waals surface area (Å²) in [5.74, 6) is -2.82. The Hall–Kier alpha value is -2.97. The maximum Gasteiger partial charge on any atom is 0.312 e. The molecule has 1 N–H and O–H groups in total. The maximum atomic E-state index is 14.4. The van der Waals surface area contributed by atoms with Crippen LogP contribution in [0.15, 0.2) is 43.5 Å². The Kier molecular flexibility index (Phi) is 6.88. The van der Waals surface area contributed by atoms with E-state index in [0.29, 0.717) is 12.8 Å². The van der Waals surface area contributed by atoms with Gasteiger partial charge in [-0.05, 0) is 44.7 Å². The molecule has 2 unspecified atom stereocenters. The molecule has 2 bridgehead atoms. The number of likely N-dealkylation sites (tertiary alicyclic amines) is 1. The Morgan fingerprint density at radius 1 is 1.31 bits per heavy atom. The SMILES string of the molecule is C=CCOC(=O)[C@@H]1[C@H]2C(=O)N([C@H](C)CO)C(C(=O)N(CC=C)c3c(C)cccc3C)C23CC[C@H]1O3. The van der Waals surface area contributed by atoms with Gasteiger partial charge < -0.3 is 24.4 Å². The van der Waals surface area contributed by atoms with Crippen LogP contribution >= 0.6 is 0 Å². The highest BCUT2D eigenvalue weighted by Gasteiger charge is 2.75. The summed E-state index contributed by atoms with van der Waals surface area (Å²) in [5.41, 5.74) is 1.44. The van der Waals surface area contributed by atoms with Crippen LogP contribution in [0.4, 0.5) is 5.69 Å². The number of ether oxygens (including phenoxy) is 2. The fourth-order valence-corrected chi connectivity index (χ4v) is 6.24. The van der Waals surface area contributed by atoms with Crippen molar-refractivity contribution < 1.29 is 29.0 Å². The van der Waals surface area contributed by atoms with Crippen LogP contribution in [-0.4, -0.2) is 71.3 Å². The second kappa shape index (κ2) is 9.59. The highest BCUT2D eigenvalue weighted by Crippen LogP contribution is 2.59. The van der Waals surface area contributed by atoms with Gasteiger partial charge in [0.2, 0.25) is 5.91 Å². The van der Waals surface area contributed by atoms with Crippen molar-refractivity contribution in [3.63, 3.8) is 0 Å². The zero-order valence-electron chi connectivity index (χ0n) is 20.6. The lowest BCUT2D eigenvalue weighted by Gasteiger charge is -2.39. The Labute approximate surface area is 206 Å². The second-order valence-electron chi connectivity index (χ2n) is 9.73. The van der Waals surface area contributed by atoms with Crippen LogP contribution in [0.2, 0.25) is 0 Å². The lowest BCUT2D eigenvalue weighted by Crippen LogP contribution is -2.58. The average Bonchev–Trinajstić information content (AvgIpc) is 3.48. The van der Waals surface area contributed by atoms with Gasteiger partial charge in [-0.15, -0.1) is 6.58 Å². The number of aryl methyl sites for hydroxylation is 2. The molecular formula is C27H34N2O6. The van der Waals surface area contributed by atoms with E-state index in [-0.39, 0.29) is 31.6 Å². The van der Waals surface area contributed by atoms with Gasteiger partial charge in [-0.2, -0.15) is 0 Å². The smallest absolute Gasteiger partial charge is 0.312 e. The van der Waals surface area contributed by atoms with Crippen molar-refractivity contribution in [2.45, 2.75) is 57.4 Å². The number of benzene rings is 1. The van der Waals surface area contributed by atoms with Gasteiger partial charge in [-0.3, -0.25) is 14.4 Å². The van der Waals surface area contributed by atoms with E-state index in [4.69, 9.17) is 9.47 Å². The van der Waals surface area contributed by atoms with Gasteiger partial charge in [0.1, 0.15) is 18.2 Å². The van der Waals surface area contributed by atoms with E-state index in [2.05, 4.69) is 13.2 Å². The predicted molar refractivity (Wildman–Crippen MR) is 131 cm³/mol. The van der Waals surface area contributed by atoms with E-state index in [1.165, 1.54) is 11.0 Å². The number of hydrogen-bond acceptors (Lipinski definition) is 6. The van der Waals surface area contributed by atoms with Crippen LogP contribution in [0.3, 0.4) is 0 Å². The van der Waals surface area contributed by atoms with Crippen LogP contribution in [-0.2, 0) is 23.9 Å². The molecule has 3 aliphatic heterocycles. The number of carbonyl (C=O) groups is 3. The minimum Gasteiger partial charge on any atom is -0.461 e. The first-order valence-corrected chi connectivity index (χ1v) is 12.1. The van der Waals surface area contributed by atoms with Gasteiger partial charge in [-0.25, -0.2) is 0 Å². The molecule has 0 saturated carbocycles. The monoisotopic (exact) mass is 482 g/mol. The largest absolute Gasteiger partial charge is 0.461 e. The number of carbonyl (C=O) groups excluding carboxylic acids is 3. The molecule has 35 heavy (non-hydrogen) atoms. The molecule has 0 aliphatic carbocycles. The molecule has 0 radical (unpaired) electrons. The second-order valence-corrected chi connectivity index (χ2v) is 9.73. The normalized spacial score (nSPS) is 29.6. The number of rotatable bonds is 9. The Morgan fingerprint density at radius 2 is 2.00 bits per heavy atom. The van der Waals surface area contributed by atoms with Crippen molar-refractivity contribution >= 4 is 23.5 Å². The first-order chi connectivity index (χ1) is 16.7. The number of aliphatic hydroxyl groups is 1. The lowest BCUT2D eigenvalue weighted by molar-refractivity contribution is -0.154. The molecule has 188 valence electrons. The molecule has 1 aromatic rings. The number of esters is 1. The lowest BCUT2D eigenvalue weighted by atomic mass is 9.70. The van der Waals surface area contributed by atoms with E-state index in [9.17, 15) is 19.5 Å². The van der Waals surface area contributed by atoms with Crippen LogP contribution < -0.4 is 4.90 Å². The summed E-state index contributed by atoms with van der Waals surface area (Å²) in [6, 6.07) is 4.18. The van der Waals surface area contributed by atoms with Gasteiger partial charge in [0.25, 0.3) is 5.91 Å². The number of amides is 2.